The largest absolute Gasteiger partial charge is 0.354 e. The van der Waals surface area contributed by atoms with Gasteiger partial charge >= 0.3 is 0 Å². The van der Waals surface area contributed by atoms with Gasteiger partial charge < -0.3 is 11.1 Å². The molecule has 0 saturated carbocycles. The summed E-state index contributed by atoms with van der Waals surface area (Å²) < 4.78 is 24.7. The Bertz CT molecular complexity index is 519. The number of hydrogen-bond donors (Lipinski definition) is 2. The molecule has 1 saturated heterocycles. The van der Waals surface area contributed by atoms with Gasteiger partial charge in [0.1, 0.15) is 0 Å². The summed E-state index contributed by atoms with van der Waals surface area (Å²) in [5.41, 5.74) is 6.50. The molecule has 4 nitrogen and oxygen atoms in total. The Morgan fingerprint density at radius 2 is 2.04 bits per heavy atom. The van der Waals surface area contributed by atoms with E-state index >= 15 is 0 Å². The molecule has 0 spiro atoms. The zero-order chi connectivity index (χ0) is 17.4. The van der Waals surface area contributed by atoms with E-state index in [-0.39, 0.29) is 18.3 Å². The summed E-state index contributed by atoms with van der Waals surface area (Å²) >= 11 is 0.565. The molecular weight excluding hydrogens is 368 g/mol. The molecule has 1 aliphatic rings. The van der Waals surface area contributed by atoms with Crippen LogP contribution in [-0.4, -0.2) is 42.2 Å². The summed E-state index contributed by atoms with van der Waals surface area (Å²) in [6.45, 7) is 2.77. The third kappa shape index (κ3) is 7.90. The van der Waals surface area contributed by atoms with Crippen LogP contribution in [0.4, 0.5) is 8.78 Å². The summed E-state index contributed by atoms with van der Waals surface area (Å²) in [5.74, 6) is -2.39. The van der Waals surface area contributed by atoms with E-state index in [1.165, 1.54) is 0 Å². The normalized spacial score (nSPS) is 18.0. The van der Waals surface area contributed by atoms with E-state index in [0.29, 0.717) is 42.2 Å². The number of thioether (sulfide) groups is 1. The molecule has 8 heteroatoms. The van der Waals surface area contributed by atoms with Crippen molar-refractivity contribution in [2.45, 2.75) is 48.9 Å². The second kappa shape index (κ2) is 11.7. The zero-order valence-corrected chi connectivity index (χ0v) is 15.8. The number of rotatable bonds is 8. The third-order valence-corrected chi connectivity index (χ3v) is 4.91. The molecule has 0 aliphatic carbocycles. The van der Waals surface area contributed by atoms with Crippen molar-refractivity contribution in [3.8, 4) is 0 Å². The minimum atomic E-state index is -2.39. The molecule has 1 atom stereocenters. The Hall–Kier alpha value is -0.890. The Morgan fingerprint density at radius 3 is 2.68 bits per heavy atom. The number of carbonyl (C=O) groups is 1. The minimum absolute atomic E-state index is 0. The summed E-state index contributed by atoms with van der Waals surface area (Å²) in [6.07, 6.45) is 3.72. The lowest BCUT2D eigenvalue weighted by Gasteiger charge is -2.36. The average molecular weight is 394 g/mol. The maximum Gasteiger partial charge on any atom is 0.288 e. The number of hydrogen-bond acceptors (Lipinski definition) is 4. The molecule has 3 N–H and O–H groups in total. The van der Waals surface area contributed by atoms with Gasteiger partial charge in [0.25, 0.3) is 5.76 Å². The molecule has 25 heavy (non-hydrogen) atoms. The molecule has 1 amide bonds. The molecule has 142 valence electrons. The van der Waals surface area contributed by atoms with Crippen molar-refractivity contribution in [2.24, 2.45) is 5.73 Å². The van der Waals surface area contributed by atoms with Gasteiger partial charge in [-0.1, -0.05) is 30.3 Å². The van der Waals surface area contributed by atoms with Crippen molar-refractivity contribution in [1.29, 1.82) is 0 Å². The summed E-state index contributed by atoms with van der Waals surface area (Å²) in [5, 5.41) is 2.95. The van der Waals surface area contributed by atoms with E-state index in [9.17, 15) is 13.6 Å². The standard InChI is InChI=1S/C17H25F2N3OS.ClH/c18-17(19)24-15-6-4-13(5-7-15)12-22-10-2-1-3-14(22)11-21-16(23)8-9-20;/h4-7,14,17H,1-3,8-12,20H2,(H,21,23);1H. The van der Waals surface area contributed by atoms with Crippen LogP contribution in [0.25, 0.3) is 0 Å². The van der Waals surface area contributed by atoms with Gasteiger partial charge in [0.15, 0.2) is 0 Å². The second-order valence-corrected chi connectivity index (χ2v) is 7.05. The Morgan fingerprint density at radius 1 is 1.32 bits per heavy atom. The number of piperidine rings is 1. The molecule has 1 fully saturated rings. The van der Waals surface area contributed by atoms with E-state index in [1.54, 1.807) is 12.1 Å². The van der Waals surface area contributed by atoms with Gasteiger partial charge in [-0.2, -0.15) is 8.78 Å². The molecule has 1 aromatic carbocycles. The monoisotopic (exact) mass is 393 g/mol. The van der Waals surface area contributed by atoms with E-state index in [0.717, 1.165) is 37.9 Å². The smallest absolute Gasteiger partial charge is 0.288 e. The number of nitrogens with zero attached hydrogens (tertiary/aromatic N) is 1. The highest BCUT2D eigenvalue weighted by molar-refractivity contribution is 7.99. The number of halogens is 3. The highest BCUT2D eigenvalue weighted by Crippen LogP contribution is 2.26. The van der Waals surface area contributed by atoms with Gasteiger partial charge in [-0.05, 0) is 37.1 Å². The number of nitrogens with one attached hydrogen (secondary N) is 1. The fraction of sp³-hybridized carbons (Fsp3) is 0.588. The first-order valence-electron chi connectivity index (χ1n) is 8.33. The predicted octanol–water partition coefficient (Wildman–Crippen LogP) is 3.24. The molecule has 1 unspecified atom stereocenters. The van der Waals surface area contributed by atoms with Crippen LogP contribution >= 0.6 is 24.2 Å². The fourth-order valence-corrected chi connectivity index (χ4v) is 3.46. The molecule has 1 aliphatic heterocycles. The first-order chi connectivity index (χ1) is 11.6. The van der Waals surface area contributed by atoms with Crippen molar-refractivity contribution in [1.82, 2.24) is 10.2 Å². The summed E-state index contributed by atoms with van der Waals surface area (Å²) in [4.78, 5) is 14.5. The van der Waals surface area contributed by atoms with Gasteiger partial charge in [-0.15, -0.1) is 12.4 Å². The van der Waals surface area contributed by atoms with Crippen LogP contribution in [-0.2, 0) is 11.3 Å². The molecule has 2 rings (SSSR count). The maximum absolute atomic E-state index is 12.4. The minimum Gasteiger partial charge on any atom is -0.354 e. The Labute approximate surface area is 158 Å². The highest BCUT2D eigenvalue weighted by atomic mass is 35.5. The fourth-order valence-electron chi connectivity index (χ4n) is 2.96. The highest BCUT2D eigenvalue weighted by Gasteiger charge is 2.22. The molecule has 0 radical (unpaired) electrons. The van der Waals surface area contributed by atoms with Crippen molar-refractivity contribution in [2.75, 3.05) is 19.6 Å². The first kappa shape index (κ1) is 22.2. The van der Waals surface area contributed by atoms with E-state index in [1.807, 2.05) is 12.1 Å². The van der Waals surface area contributed by atoms with Crippen LogP contribution in [0.2, 0.25) is 0 Å². The van der Waals surface area contributed by atoms with Crippen molar-refractivity contribution < 1.29 is 13.6 Å². The predicted molar refractivity (Wildman–Crippen MR) is 100 cm³/mol. The first-order valence-corrected chi connectivity index (χ1v) is 9.21. The molecular formula is C17H26ClF2N3OS. The van der Waals surface area contributed by atoms with Crippen molar-refractivity contribution >= 4 is 30.1 Å². The summed E-state index contributed by atoms with van der Waals surface area (Å²) in [7, 11) is 0. The van der Waals surface area contributed by atoms with Crippen LogP contribution in [0, 0.1) is 0 Å². The van der Waals surface area contributed by atoms with Gasteiger partial charge in [0, 0.05) is 37.0 Å². The number of nitrogens with two attached hydrogens (primary N) is 1. The van der Waals surface area contributed by atoms with E-state index < -0.39 is 5.76 Å². The van der Waals surface area contributed by atoms with E-state index in [4.69, 9.17) is 5.73 Å². The van der Waals surface area contributed by atoms with Crippen LogP contribution in [0.15, 0.2) is 29.2 Å². The Kier molecular flexibility index (Phi) is 10.3. The van der Waals surface area contributed by atoms with Gasteiger partial charge in [0.05, 0.1) is 0 Å². The SMILES string of the molecule is Cl.NCCC(=O)NCC1CCCCN1Cc1ccc(SC(F)F)cc1. The molecule has 1 aromatic rings. The number of likely N-dealkylation sites (tertiary alicyclic amines) is 1. The lowest BCUT2D eigenvalue weighted by atomic mass is 10.0. The van der Waals surface area contributed by atoms with Crippen LogP contribution in [0.5, 0.6) is 0 Å². The third-order valence-electron chi connectivity index (χ3n) is 4.19. The quantitative estimate of drug-likeness (QED) is 0.666. The van der Waals surface area contributed by atoms with Crippen LogP contribution in [0.1, 0.15) is 31.2 Å². The lowest BCUT2D eigenvalue weighted by molar-refractivity contribution is -0.121. The molecule has 1 heterocycles. The average Bonchev–Trinajstić information content (AvgIpc) is 2.56. The number of benzene rings is 1. The van der Waals surface area contributed by atoms with Crippen molar-refractivity contribution in [3.63, 3.8) is 0 Å². The van der Waals surface area contributed by atoms with Gasteiger partial charge in [-0.3, -0.25) is 9.69 Å². The Balaban J connectivity index is 0.00000312. The van der Waals surface area contributed by atoms with Crippen LogP contribution < -0.4 is 11.1 Å². The van der Waals surface area contributed by atoms with Crippen molar-refractivity contribution in [3.05, 3.63) is 29.8 Å². The van der Waals surface area contributed by atoms with E-state index in [2.05, 4.69) is 10.2 Å². The maximum atomic E-state index is 12.4. The topological polar surface area (TPSA) is 58.4 Å². The number of alkyl halides is 2. The lowest BCUT2D eigenvalue weighted by Crippen LogP contribution is -2.46. The second-order valence-electron chi connectivity index (χ2n) is 5.99. The molecule has 0 bridgehead atoms. The summed E-state index contributed by atoms with van der Waals surface area (Å²) in [6, 6.07) is 7.62. The number of carbonyl (C=O) groups excluding carboxylic acids is 1. The zero-order valence-electron chi connectivity index (χ0n) is 14.1. The van der Waals surface area contributed by atoms with Crippen LogP contribution in [0.3, 0.4) is 0 Å². The molecule has 0 aromatic heterocycles. The van der Waals surface area contributed by atoms with Gasteiger partial charge in [-0.25, -0.2) is 0 Å². The number of amides is 1. The van der Waals surface area contributed by atoms with Gasteiger partial charge in [0.2, 0.25) is 5.91 Å².